The molecule has 0 saturated carbocycles. The molecule has 1 aromatic carbocycles. The average molecular weight is 259 g/mol. The number of benzene rings is 1. The molecular formula is C17H25NO. The van der Waals surface area contributed by atoms with E-state index in [-0.39, 0.29) is 0 Å². The maximum Gasteiger partial charge on any atom is 0.0866 e. The fraction of sp³-hybridized carbons (Fsp3) is 0.412. The summed E-state index contributed by atoms with van der Waals surface area (Å²) in [6, 6.07) is 10.2. The van der Waals surface area contributed by atoms with Crippen molar-refractivity contribution in [2.45, 2.75) is 40.2 Å². The van der Waals surface area contributed by atoms with Crippen LogP contribution in [0, 0.1) is 0 Å². The quantitative estimate of drug-likeness (QED) is 0.424. The highest BCUT2D eigenvalue weighted by atomic mass is 16.6. The molecule has 0 saturated heterocycles. The largest absolute Gasteiger partial charge is 0.297 e. The van der Waals surface area contributed by atoms with Crippen LogP contribution in [0.2, 0.25) is 0 Å². The lowest BCUT2D eigenvalue weighted by molar-refractivity contribution is 0.0574. The molecule has 2 heteroatoms. The van der Waals surface area contributed by atoms with Gasteiger partial charge in [0.25, 0.3) is 0 Å². The lowest BCUT2D eigenvalue weighted by Gasteiger charge is -2.04. The van der Waals surface area contributed by atoms with E-state index in [0.717, 1.165) is 19.4 Å². The molecule has 0 aliphatic heterocycles. The lowest BCUT2D eigenvalue weighted by atomic mass is 10.1. The van der Waals surface area contributed by atoms with Crippen molar-refractivity contribution in [3.8, 4) is 0 Å². The van der Waals surface area contributed by atoms with Gasteiger partial charge in [-0.25, -0.2) is 0 Å². The molecule has 1 aromatic rings. The molecule has 0 aliphatic rings. The van der Waals surface area contributed by atoms with Crippen molar-refractivity contribution < 1.29 is 4.84 Å². The number of allylic oxidation sites excluding steroid dienone is 3. The van der Waals surface area contributed by atoms with Crippen molar-refractivity contribution in [1.82, 2.24) is 5.48 Å². The topological polar surface area (TPSA) is 21.3 Å². The molecule has 0 unspecified atom stereocenters. The molecule has 0 aliphatic carbocycles. The van der Waals surface area contributed by atoms with Crippen molar-refractivity contribution in [2.75, 3.05) is 6.61 Å². The fourth-order valence-corrected chi connectivity index (χ4v) is 1.66. The maximum atomic E-state index is 5.39. The molecule has 0 radical (unpaired) electrons. The van der Waals surface area contributed by atoms with E-state index in [1.807, 2.05) is 18.2 Å². The van der Waals surface area contributed by atoms with E-state index < -0.39 is 0 Å². The highest BCUT2D eigenvalue weighted by Gasteiger charge is 1.91. The average Bonchev–Trinajstić information content (AvgIpc) is 2.39. The molecule has 0 atom stereocenters. The van der Waals surface area contributed by atoms with Crippen molar-refractivity contribution in [1.29, 1.82) is 0 Å². The van der Waals surface area contributed by atoms with Gasteiger partial charge < -0.3 is 0 Å². The molecule has 1 rings (SSSR count). The van der Waals surface area contributed by atoms with Gasteiger partial charge in [0.2, 0.25) is 0 Å². The highest BCUT2D eigenvalue weighted by Crippen LogP contribution is 2.06. The third-order valence-corrected chi connectivity index (χ3v) is 2.83. The number of hydrogen-bond acceptors (Lipinski definition) is 2. The van der Waals surface area contributed by atoms with Crippen molar-refractivity contribution in [3.05, 3.63) is 59.2 Å². The van der Waals surface area contributed by atoms with Gasteiger partial charge in [-0.3, -0.25) is 4.84 Å². The zero-order valence-corrected chi connectivity index (χ0v) is 12.3. The van der Waals surface area contributed by atoms with Gasteiger partial charge in [0, 0.05) is 6.54 Å². The summed E-state index contributed by atoms with van der Waals surface area (Å²) in [5.74, 6) is 0. The predicted octanol–water partition coefficient (Wildman–Crippen LogP) is 4.40. The van der Waals surface area contributed by atoms with Crippen LogP contribution in [0.5, 0.6) is 0 Å². The molecule has 0 spiro atoms. The number of hydrogen-bond donors (Lipinski definition) is 1. The molecule has 0 fully saturated rings. The van der Waals surface area contributed by atoms with Crippen molar-refractivity contribution in [3.63, 3.8) is 0 Å². The van der Waals surface area contributed by atoms with Gasteiger partial charge in [0.15, 0.2) is 0 Å². The van der Waals surface area contributed by atoms with Crippen LogP contribution in [0.3, 0.4) is 0 Å². The van der Waals surface area contributed by atoms with E-state index in [4.69, 9.17) is 4.84 Å². The Hall–Kier alpha value is -1.38. The second-order valence-electron chi connectivity index (χ2n) is 4.99. The minimum Gasteiger partial charge on any atom is -0.297 e. The Morgan fingerprint density at radius 1 is 1.11 bits per heavy atom. The lowest BCUT2D eigenvalue weighted by Crippen LogP contribution is -2.14. The zero-order chi connectivity index (χ0) is 13.9. The summed E-state index contributed by atoms with van der Waals surface area (Å²) in [4.78, 5) is 5.39. The summed E-state index contributed by atoms with van der Waals surface area (Å²) < 4.78 is 0. The van der Waals surface area contributed by atoms with Gasteiger partial charge in [0.1, 0.15) is 0 Å². The first kappa shape index (κ1) is 15.7. The molecule has 0 bridgehead atoms. The molecule has 19 heavy (non-hydrogen) atoms. The Bertz CT molecular complexity index is 403. The first-order chi connectivity index (χ1) is 9.18. The molecule has 0 aromatic heterocycles. The Morgan fingerprint density at radius 2 is 1.84 bits per heavy atom. The summed E-state index contributed by atoms with van der Waals surface area (Å²) >= 11 is 0. The van der Waals surface area contributed by atoms with E-state index in [0.29, 0.717) is 6.61 Å². The maximum absolute atomic E-state index is 5.39. The summed E-state index contributed by atoms with van der Waals surface area (Å²) in [6.45, 7) is 7.78. The zero-order valence-electron chi connectivity index (χ0n) is 12.3. The van der Waals surface area contributed by atoms with Crippen LogP contribution in [0.1, 0.15) is 39.2 Å². The molecule has 2 nitrogen and oxygen atoms in total. The van der Waals surface area contributed by atoms with E-state index in [2.05, 4.69) is 50.5 Å². The second kappa shape index (κ2) is 9.54. The van der Waals surface area contributed by atoms with Crippen LogP contribution in [0.4, 0.5) is 0 Å². The minimum absolute atomic E-state index is 0.619. The Labute approximate surface area is 117 Å². The van der Waals surface area contributed by atoms with Crippen LogP contribution < -0.4 is 5.48 Å². The molecular weight excluding hydrogens is 234 g/mol. The summed E-state index contributed by atoms with van der Waals surface area (Å²) in [5.41, 5.74) is 6.96. The molecule has 0 heterocycles. The first-order valence-corrected chi connectivity index (χ1v) is 6.86. The SMILES string of the molecule is CC(C)=CCC/C(C)=C/CONCc1ccccc1. The first-order valence-electron chi connectivity index (χ1n) is 6.86. The molecule has 104 valence electrons. The number of hydroxylamine groups is 1. The monoisotopic (exact) mass is 259 g/mol. The van der Waals surface area contributed by atoms with Gasteiger partial charge in [-0.2, -0.15) is 5.48 Å². The summed E-state index contributed by atoms with van der Waals surface area (Å²) in [6.07, 6.45) is 6.62. The molecule has 1 N–H and O–H groups in total. The number of nitrogens with one attached hydrogen (secondary N) is 1. The highest BCUT2D eigenvalue weighted by molar-refractivity contribution is 5.13. The van der Waals surface area contributed by atoms with E-state index >= 15 is 0 Å². The summed E-state index contributed by atoms with van der Waals surface area (Å²) in [7, 11) is 0. The minimum atomic E-state index is 0.619. The van der Waals surface area contributed by atoms with Gasteiger partial charge in [-0.15, -0.1) is 0 Å². The predicted molar refractivity (Wildman–Crippen MR) is 81.7 cm³/mol. The van der Waals surface area contributed by atoms with Crippen LogP contribution in [-0.4, -0.2) is 6.61 Å². The van der Waals surface area contributed by atoms with Gasteiger partial charge in [0.05, 0.1) is 6.61 Å². The Morgan fingerprint density at radius 3 is 2.53 bits per heavy atom. The van der Waals surface area contributed by atoms with Crippen LogP contribution in [0.15, 0.2) is 53.6 Å². The smallest absolute Gasteiger partial charge is 0.0866 e. The fourth-order valence-electron chi connectivity index (χ4n) is 1.66. The standard InChI is InChI=1S/C17H25NO/c1-15(2)8-7-9-16(3)12-13-19-18-14-17-10-5-4-6-11-17/h4-6,8,10-12,18H,7,9,13-14H2,1-3H3/b16-12+. The molecule has 0 amide bonds. The Balaban J connectivity index is 2.11. The van der Waals surface area contributed by atoms with Crippen LogP contribution >= 0.6 is 0 Å². The van der Waals surface area contributed by atoms with Crippen molar-refractivity contribution in [2.24, 2.45) is 0 Å². The van der Waals surface area contributed by atoms with Gasteiger partial charge in [-0.1, -0.05) is 53.6 Å². The number of rotatable bonds is 8. The van der Waals surface area contributed by atoms with Gasteiger partial charge in [-0.05, 0) is 39.2 Å². The Kier molecular flexibility index (Phi) is 7.87. The summed E-state index contributed by atoms with van der Waals surface area (Å²) in [5, 5.41) is 0. The van der Waals surface area contributed by atoms with E-state index in [1.54, 1.807) is 0 Å². The van der Waals surface area contributed by atoms with E-state index in [1.165, 1.54) is 16.7 Å². The van der Waals surface area contributed by atoms with Crippen molar-refractivity contribution >= 4 is 0 Å². The third-order valence-electron chi connectivity index (χ3n) is 2.83. The third kappa shape index (κ3) is 8.36. The normalized spacial score (nSPS) is 11.4. The second-order valence-corrected chi connectivity index (χ2v) is 4.99. The van der Waals surface area contributed by atoms with Crippen LogP contribution in [-0.2, 0) is 11.4 Å². The van der Waals surface area contributed by atoms with Crippen LogP contribution in [0.25, 0.3) is 0 Å². The van der Waals surface area contributed by atoms with E-state index in [9.17, 15) is 0 Å². The van der Waals surface area contributed by atoms with Gasteiger partial charge >= 0.3 is 0 Å².